The highest BCUT2D eigenvalue weighted by atomic mass is 15.4. The summed E-state index contributed by atoms with van der Waals surface area (Å²) < 4.78 is 1.48. The summed E-state index contributed by atoms with van der Waals surface area (Å²) in [7, 11) is 1.72. The molecule has 0 amide bonds. The summed E-state index contributed by atoms with van der Waals surface area (Å²) in [6.45, 7) is 0. The first kappa shape index (κ1) is 4.78. The Hall–Kier alpha value is -1.37. The molecule has 1 heterocycles. The zero-order chi connectivity index (χ0) is 5.98. The fourth-order valence-corrected chi connectivity index (χ4v) is 0.399. The van der Waals surface area contributed by atoms with Crippen molar-refractivity contribution < 1.29 is 0 Å². The van der Waals surface area contributed by atoms with Gasteiger partial charge in [-0.15, -0.1) is 5.10 Å². The molecule has 0 N–H and O–H groups in total. The van der Waals surface area contributed by atoms with Crippen LogP contribution in [-0.2, 0) is 7.05 Å². The maximum absolute atomic E-state index is 8.19. The van der Waals surface area contributed by atoms with Crippen LogP contribution in [0, 0.1) is 11.3 Å². The molecular formula is C4H4N4. The second-order valence-electron chi connectivity index (χ2n) is 1.39. The van der Waals surface area contributed by atoms with Crippen molar-refractivity contribution in [1.29, 1.82) is 5.26 Å². The number of aryl methyl sites for hydroxylation is 1. The van der Waals surface area contributed by atoms with Gasteiger partial charge in [-0.05, 0) is 0 Å². The monoisotopic (exact) mass is 108 g/mol. The van der Waals surface area contributed by atoms with E-state index in [0.717, 1.165) is 0 Å². The van der Waals surface area contributed by atoms with Gasteiger partial charge in [-0.1, -0.05) is 5.21 Å². The molecule has 1 rings (SSSR count). The Balaban J connectivity index is 3.05. The van der Waals surface area contributed by atoms with E-state index in [9.17, 15) is 0 Å². The topological polar surface area (TPSA) is 54.5 Å². The number of hydrogen-bond donors (Lipinski definition) is 0. The summed E-state index contributed by atoms with van der Waals surface area (Å²) in [5, 5.41) is 15.2. The third-order valence-corrected chi connectivity index (χ3v) is 0.717. The van der Waals surface area contributed by atoms with Gasteiger partial charge < -0.3 is 0 Å². The lowest BCUT2D eigenvalue weighted by molar-refractivity contribution is 0.714. The van der Waals surface area contributed by atoms with Crippen LogP contribution < -0.4 is 0 Å². The van der Waals surface area contributed by atoms with Crippen LogP contribution in [-0.4, -0.2) is 15.0 Å². The first-order valence-electron chi connectivity index (χ1n) is 2.09. The predicted octanol–water partition coefficient (Wildman–Crippen LogP) is -0.313. The smallest absolute Gasteiger partial charge is 0.182 e. The van der Waals surface area contributed by atoms with Gasteiger partial charge in [0.1, 0.15) is 6.07 Å². The van der Waals surface area contributed by atoms with Gasteiger partial charge >= 0.3 is 0 Å². The second kappa shape index (κ2) is 1.62. The van der Waals surface area contributed by atoms with Gasteiger partial charge in [-0.2, -0.15) is 5.26 Å². The largest absolute Gasteiger partial charge is 0.254 e. The van der Waals surface area contributed by atoms with E-state index in [1.807, 2.05) is 6.07 Å². The van der Waals surface area contributed by atoms with Crippen LogP contribution in [0.25, 0.3) is 0 Å². The van der Waals surface area contributed by atoms with E-state index in [1.165, 1.54) is 4.68 Å². The Morgan fingerprint density at radius 3 is 2.88 bits per heavy atom. The van der Waals surface area contributed by atoms with Gasteiger partial charge in [0.2, 0.25) is 0 Å². The highest BCUT2D eigenvalue weighted by molar-refractivity contribution is 5.12. The Labute approximate surface area is 46.3 Å². The van der Waals surface area contributed by atoms with Crippen LogP contribution >= 0.6 is 0 Å². The number of aromatic nitrogens is 3. The van der Waals surface area contributed by atoms with Crippen molar-refractivity contribution in [3.63, 3.8) is 0 Å². The molecule has 1 aromatic rings. The van der Waals surface area contributed by atoms with E-state index in [2.05, 4.69) is 10.3 Å². The summed E-state index contributed by atoms with van der Waals surface area (Å²) in [6, 6.07) is 1.85. The summed E-state index contributed by atoms with van der Waals surface area (Å²) in [6.07, 6.45) is 1.56. The highest BCUT2D eigenvalue weighted by Crippen LogP contribution is 1.83. The molecule has 40 valence electrons. The van der Waals surface area contributed by atoms with E-state index < -0.39 is 0 Å². The molecule has 0 atom stereocenters. The molecule has 8 heavy (non-hydrogen) atoms. The average Bonchev–Trinajstić information content (AvgIpc) is 2.14. The van der Waals surface area contributed by atoms with Crippen molar-refractivity contribution in [1.82, 2.24) is 15.0 Å². The predicted molar refractivity (Wildman–Crippen MR) is 25.7 cm³/mol. The third kappa shape index (κ3) is 0.658. The molecule has 0 aromatic carbocycles. The first-order valence-corrected chi connectivity index (χ1v) is 2.09. The molecule has 0 aliphatic rings. The zero-order valence-electron chi connectivity index (χ0n) is 4.37. The minimum atomic E-state index is 0.354. The van der Waals surface area contributed by atoms with Gasteiger partial charge in [-0.3, -0.25) is 4.68 Å². The van der Waals surface area contributed by atoms with E-state index in [1.54, 1.807) is 13.2 Å². The molecule has 1 aromatic heterocycles. The van der Waals surface area contributed by atoms with Crippen molar-refractivity contribution in [2.45, 2.75) is 0 Å². The summed E-state index contributed by atoms with van der Waals surface area (Å²) in [5.74, 6) is 0. The molecule has 0 unspecified atom stereocenters. The van der Waals surface area contributed by atoms with Crippen molar-refractivity contribution in [2.24, 2.45) is 7.05 Å². The Morgan fingerprint density at radius 2 is 2.62 bits per heavy atom. The van der Waals surface area contributed by atoms with Crippen LogP contribution in [0.15, 0.2) is 6.20 Å². The lowest BCUT2D eigenvalue weighted by Gasteiger charge is -1.74. The summed E-state index contributed by atoms with van der Waals surface area (Å²) in [4.78, 5) is 0. The van der Waals surface area contributed by atoms with Crippen LogP contribution in [0.3, 0.4) is 0 Å². The fourth-order valence-electron chi connectivity index (χ4n) is 0.399. The number of hydrogen-bond acceptors (Lipinski definition) is 3. The normalized spacial score (nSPS) is 8.50. The standard InChI is InChI=1S/C4H4N4/c1-8-3-4(2-5)6-7-8/h3H,1H3. The number of nitriles is 1. The summed E-state index contributed by atoms with van der Waals surface area (Å²) >= 11 is 0. The molecule has 0 saturated heterocycles. The number of rotatable bonds is 0. The zero-order valence-corrected chi connectivity index (χ0v) is 4.37. The lowest BCUT2D eigenvalue weighted by atomic mass is 10.5. The van der Waals surface area contributed by atoms with E-state index in [0.29, 0.717) is 5.69 Å². The Kier molecular flexibility index (Phi) is 0.968. The van der Waals surface area contributed by atoms with E-state index >= 15 is 0 Å². The van der Waals surface area contributed by atoms with Crippen molar-refractivity contribution in [3.8, 4) is 6.07 Å². The molecule has 4 heteroatoms. The maximum Gasteiger partial charge on any atom is 0.182 e. The molecule has 0 saturated carbocycles. The van der Waals surface area contributed by atoms with Gasteiger partial charge in [-0.25, -0.2) is 0 Å². The fraction of sp³-hybridized carbons (Fsp3) is 0.250. The second-order valence-corrected chi connectivity index (χ2v) is 1.39. The molecule has 0 radical (unpaired) electrons. The average molecular weight is 108 g/mol. The summed E-state index contributed by atoms with van der Waals surface area (Å²) in [5.41, 5.74) is 0.354. The minimum absolute atomic E-state index is 0.354. The molecule has 0 spiro atoms. The van der Waals surface area contributed by atoms with Crippen molar-refractivity contribution in [2.75, 3.05) is 0 Å². The number of nitrogens with zero attached hydrogens (tertiary/aromatic N) is 4. The Morgan fingerprint density at radius 1 is 1.88 bits per heavy atom. The highest BCUT2D eigenvalue weighted by Gasteiger charge is 1.90. The first-order chi connectivity index (χ1) is 3.83. The molecular weight excluding hydrogens is 104 g/mol. The van der Waals surface area contributed by atoms with Gasteiger partial charge in [0.25, 0.3) is 0 Å². The van der Waals surface area contributed by atoms with Crippen LogP contribution in [0.5, 0.6) is 0 Å². The molecule has 0 aliphatic carbocycles. The van der Waals surface area contributed by atoms with Crippen LogP contribution in [0.1, 0.15) is 5.69 Å². The molecule has 4 nitrogen and oxygen atoms in total. The maximum atomic E-state index is 8.19. The third-order valence-electron chi connectivity index (χ3n) is 0.717. The molecule has 0 fully saturated rings. The Bertz CT molecular complexity index is 218. The van der Waals surface area contributed by atoms with Crippen molar-refractivity contribution >= 4 is 0 Å². The van der Waals surface area contributed by atoms with Crippen LogP contribution in [0.2, 0.25) is 0 Å². The van der Waals surface area contributed by atoms with Gasteiger partial charge in [0, 0.05) is 7.05 Å². The van der Waals surface area contributed by atoms with Crippen molar-refractivity contribution in [3.05, 3.63) is 11.9 Å². The minimum Gasteiger partial charge on any atom is -0.254 e. The molecule has 0 bridgehead atoms. The SMILES string of the molecule is Cn1cc(C#N)nn1. The van der Waals surface area contributed by atoms with E-state index in [-0.39, 0.29) is 0 Å². The van der Waals surface area contributed by atoms with Gasteiger partial charge in [0.05, 0.1) is 6.20 Å². The molecule has 0 aliphatic heterocycles. The lowest BCUT2D eigenvalue weighted by Crippen LogP contribution is -1.85. The quantitative estimate of drug-likeness (QED) is 0.458. The van der Waals surface area contributed by atoms with E-state index in [4.69, 9.17) is 5.26 Å². The van der Waals surface area contributed by atoms with Crippen LogP contribution in [0.4, 0.5) is 0 Å². The van der Waals surface area contributed by atoms with Gasteiger partial charge in [0.15, 0.2) is 5.69 Å².